The zero-order valence-electron chi connectivity index (χ0n) is 13.4. The van der Waals surface area contributed by atoms with Crippen molar-refractivity contribution in [3.8, 4) is 5.75 Å². The highest BCUT2D eigenvalue weighted by Crippen LogP contribution is 2.23. The standard InChI is InChI=1S/C18H21BrN2O2/c1-3-23-15-7-5-14(6-8-15)21-18(22)10-11-20-17-9-4-13(2)12-16(17)19/h4-9,12,20H,3,10-11H2,1-2H3,(H,21,22). The molecule has 1 amide bonds. The van der Waals surface area contributed by atoms with Crippen LogP contribution in [0.4, 0.5) is 11.4 Å². The van der Waals surface area contributed by atoms with Crippen LogP contribution in [0.25, 0.3) is 0 Å². The van der Waals surface area contributed by atoms with E-state index in [1.807, 2.05) is 56.3 Å². The third-order valence-corrected chi connectivity index (χ3v) is 3.90. The van der Waals surface area contributed by atoms with Gasteiger partial charge in [0.05, 0.1) is 6.61 Å². The lowest BCUT2D eigenvalue weighted by molar-refractivity contribution is -0.115. The molecular formula is C18H21BrN2O2. The Morgan fingerprint density at radius 1 is 1.17 bits per heavy atom. The minimum Gasteiger partial charge on any atom is -0.494 e. The molecule has 0 saturated heterocycles. The Labute approximate surface area is 145 Å². The van der Waals surface area contributed by atoms with E-state index >= 15 is 0 Å². The summed E-state index contributed by atoms with van der Waals surface area (Å²) in [5.74, 6) is 0.779. The van der Waals surface area contributed by atoms with E-state index in [1.165, 1.54) is 5.56 Å². The van der Waals surface area contributed by atoms with Gasteiger partial charge in [0.2, 0.25) is 5.91 Å². The van der Waals surface area contributed by atoms with Gasteiger partial charge in [0.15, 0.2) is 0 Å². The minimum absolute atomic E-state index is 0.0232. The molecule has 0 aromatic heterocycles. The van der Waals surface area contributed by atoms with Crippen LogP contribution in [0, 0.1) is 6.92 Å². The number of amides is 1. The van der Waals surface area contributed by atoms with Gasteiger partial charge in [-0.05, 0) is 71.7 Å². The minimum atomic E-state index is -0.0232. The molecule has 0 bridgehead atoms. The predicted octanol–water partition coefficient (Wildman–Crippen LogP) is 4.60. The molecule has 4 nitrogen and oxygen atoms in total. The summed E-state index contributed by atoms with van der Waals surface area (Å²) in [6, 6.07) is 13.5. The molecule has 0 saturated carbocycles. The van der Waals surface area contributed by atoms with Crippen LogP contribution in [0.15, 0.2) is 46.9 Å². The zero-order chi connectivity index (χ0) is 16.7. The molecule has 0 aliphatic carbocycles. The van der Waals surface area contributed by atoms with Crippen molar-refractivity contribution in [1.82, 2.24) is 0 Å². The molecule has 0 atom stereocenters. The Bertz CT molecular complexity index is 657. The van der Waals surface area contributed by atoms with Gasteiger partial charge in [0, 0.05) is 28.8 Å². The Morgan fingerprint density at radius 2 is 1.91 bits per heavy atom. The van der Waals surface area contributed by atoms with E-state index in [0.717, 1.165) is 21.6 Å². The zero-order valence-corrected chi connectivity index (χ0v) is 14.9. The van der Waals surface area contributed by atoms with E-state index in [2.05, 4.69) is 26.6 Å². The van der Waals surface area contributed by atoms with Crippen LogP contribution in [-0.2, 0) is 4.79 Å². The van der Waals surface area contributed by atoms with Gasteiger partial charge in [-0.25, -0.2) is 0 Å². The van der Waals surface area contributed by atoms with Crippen molar-refractivity contribution < 1.29 is 9.53 Å². The lowest BCUT2D eigenvalue weighted by Gasteiger charge is -2.10. The summed E-state index contributed by atoms with van der Waals surface area (Å²) in [6.45, 7) is 5.18. The van der Waals surface area contributed by atoms with E-state index in [0.29, 0.717) is 19.6 Å². The van der Waals surface area contributed by atoms with Crippen LogP contribution in [0.2, 0.25) is 0 Å². The van der Waals surface area contributed by atoms with Crippen LogP contribution in [0.5, 0.6) is 5.75 Å². The summed E-state index contributed by atoms with van der Waals surface area (Å²) in [5, 5.41) is 6.13. The number of benzene rings is 2. The number of hydrogen-bond acceptors (Lipinski definition) is 3. The number of ether oxygens (including phenoxy) is 1. The fraction of sp³-hybridized carbons (Fsp3) is 0.278. The number of carbonyl (C=O) groups is 1. The van der Waals surface area contributed by atoms with Crippen LogP contribution in [0.3, 0.4) is 0 Å². The summed E-state index contributed by atoms with van der Waals surface area (Å²) in [5.41, 5.74) is 2.95. The highest BCUT2D eigenvalue weighted by atomic mass is 79.9. The lowest BCUT2D eigenvalue weighted by Crippen LogP contribution is -2.16. The van der Waals surface area contributed by atoms with Crippen LogP contribution < -0.4 is 15.4 Å². The second-order valence-electron chi connectivity index (χ2n) is 5.17. The second kappa shape index (κ2) is 8.58. The molecule has 2 rings (SSSR count). The molecule has 2 N–H and O–H groups in total. The monoisotopic (exact) mass is 376 g/mol. The first-order valence-corrected chi connectivity index (χ1v) is 8.40. The molecule has 0 spiro atoms. The molecule has 0 radical (unpaired) electrons. The average molecular weight is 377 g/mol. The largest absolute Gasteiger partial charge is 0.494 e. The molecule has 2 aromatic carbocycles. The Morgan fingerprint density at radius 3 is 2.57 bits per heavy atom. The predicted molar refractivity (Wildman–Crippen MR) is 98.2 cm³/mol. The number of nitrogens with one attached hydrogen (secondary N) is 2. The van der Waals surface area contributed by atoms with E-state index in [4.69, 9.17) is 4.74 Å². The lowest BCUT2D eigenvalue weighted by atomic mass is 10.2. The molecular weight excluding hydrogens is 356 g/mol. The smallest absolute Gasteiger partial charge is 0.226 e. The summed E-state index contributed by atoms with van der Waals surface area (Å²) >= 11 is 3.51. The van der Waals surface area contributed by atoms with Crippen LogP contribution >= 0.6 is 15.9 Å². The van der Waals surface area contributed by atoms with E-state index in [1.54, 1.807) is 0 Å². The molecule has 0 fully saturated rings. The topological polar surface area (TPSA) is 50.4 Å². The van der Waals surface area contributed by atoms with Gasteiger partial charge >= 0.3 is 0 Å². The Kier molecular flexibility index (Phi) is 6.47. The van der Waals surface area contributed by atoms with Crippen molar-refractivity contribution in [2.45, 2.75) is 20.3 Å². The second-order valence-corrected chi connectivity index (χ2v) is 6.02. The molecule has 0 aliphatic heterocycles. The van der Waals surface area contributed by atoms with Crippen LogP contribution in [0.1, 0.15) is 18.9 Å². The van der Waals surface area contributed by atoms with Crippen molar-refractivity contribution in [3.05, 3.63) is 52.5 Å². The van der Waals surface area contributed by atoms with Gasteiger partial charge in [0.1, 0.15) is 5.75 Å². The van der Waals surface area contributed by atoms with Crippen molar-refractivity contribution in [3.63, 3.8) is 0 Å². The van der Waals surface area contributed by atoms with Crippen LogP contribution in [-0.4, -0.2) is 19.1 Å². The quantitative estimate of drug-likeness (QED) is 0.742. The SMILES string of the molecule is CCOc1ccc(NC(=O)CCNc2ccc(C)cc2Br)cc1. The van der Waals surface area contributed by atoms with Crippen molar-refractivity contribution in [1.29, 1.82) is 0 Å². The first-order valence-electron chi connectivity index (χ1n) is 7.61. The maximum Gasteiger partial charge on any atom is 0.226 e. The fourth-order valence-electron chi connectivity index (χ4n) is 2.10. The number of anilines is 2. The molecule has 122 valence electrons. The summed E-state index contributed by atoms with van der Waals surface area (Å²) < 4.78 is 6.38. The van der Waals surface area contributed by atoms with E-state index in [-0.39, 0.29) is 5.91 Å². The van der Waals surface area contributed by atoms with Gasteiger partial charge in [0.25, 0.3) is 0 Å². The van der Waals surface area contributed by atoms with Gasteiger partial charge in [-0.15, -0.1) is 0 Å². The maximum atomic E-state index is 12.0. The number of rotatable bonds is 7. The number of halogens is 1. The van der Waals surface area contributed by atoms with E-state index in [9.17, 15) is 4.79 Å². The average Bonchev–Trinajstić information content (AvgIpc) is 2.52. The molecule has 5 heteroatoms. The van der Waals surface area contributed by atoms with Crippen molar-refractivity contribution in [2.75, 3.05) is 23.8 Å². The van der Waals surface area contributed by atoms with Crippen molar-refractivity contribution >= 4 is 33.2 Å². The van der Waals surface area contributed by atoms with Gasteiger partial charge in [-0.2, -0.15) is 0 Å². The van der Waals surface area contributed by atoms with Gasteiger partial charge < -0.3 is 15.4 Å². The highest BCUT2D eigenvalue weighted by molar-refractivity contribution is 9.10. The fourth-order valence-corrected chi connectivity index (χ4v) is 2.73. The molecule has 0 unspecified atom stereocenters. The Balaban J connectivity index is 1.78. The summed E-state index contributed by atoms with van der Waals surface area (Å²) in [7, 11) is 0. The summed E-state index contributed by atoms with van der Waals surface area (Å²) in [6.07, 6.45) is 0.396. The third kappa shape index (κ3) is 5.60. The Hall–Kier alpha value is -2.01. The van der Waals surface area contributed by atoms with Gasteiger partial charge in [-0.3, -0.25) is 4.79 Å². The number of hydrogen-bond donors (Lipinski definition) is 2. The molecule has 23 heavy (non-hydrogen) atoms. The molecule has 0 heterocycles. The molecule has 2 aromatic rings. The van der Waals surface area contributed by atoms with Gasteiger partial charge in [-0.1, -0.05) is 6.07 Å². The van der Waals surface area contributed by atoms with Crippen molar-refractivity contribution in [2.24, 2.45) is 0 Å². The third-order valence-electron chi connectivity index (χ3n) is 3.24. The summed E-state index contributed by atoms with van der Waals surface area (Å²) in [4.78, 5) is 12.0. The highest BCUT2D eigenvalue weighted by Gasteiger charge is 2.04. The normalized spacial score (nSPS) is 10.2. The number of carbonyl (C=O) groups excluding carboxylic acids is 1. The first-order chi connectivity index (χ1) is 11.1. The molecule has 0 aliphatic rings. The first kappa shape index (κ1) is 17.3. The maximum absolute atomic E-state index is 12.0. The number of aryl methyl sites for hydroxylation is 1. The van der Waals surface area contributed by atoms with E-state index < -0.39 is 0 Å².